The van der Waals surface area contributed by atoms with Crippen LogP contribution in [0.25, 0.3) is 6.08 Å². The molecular formula is C27H27NO4. The predicted octanol–water partition coefficient (Wildman–Crippen LogP) is 4.31. The number of hydrogen-bond donors (Lipinski definition) is 2. The predicted molar refractivity (Wildman–Crippen MR) is 125 cm³/mol. The Morgan fingerprint density at radius 2 is 1.81 bits per heavy atom. The Morgan fingerprint density at radius 3 is 2.62 bits per heavy atom. The van der Waals surface area contributed by atoms with Gasteiger partial charge in [-0.1, -0.05) is 54.1 Å². The second kappa shape index (κ2) is 10.2. The number of allylic oxidation sites excluding steroid dienone is 1. The van der Waals surface area contributed by atoms with Crippen molar-refractivity contribution in [3.05, 3.63) is 100 Å². The molecule has 5 nitrogen and oxygen atoms in total. The zero-order valence-electron chi connectivity index (χ0n) is 18.1. The lowest BCUT2D eigenvalue weighted by atomic mass is 10.1. The van der Waals surface area contributed by atoms with E-state index in [1.807, 2.05) is 30.3 Å². The second-order valence-corrected chi connectivity index (χ2v) is 7.82. The minimum Gasteiger partial charge on any atom is -0.489 e. The molecule has 4 rings (SSSR count). The van der Waals surface area contributed by atoms with Crippen molar-refractivity contribution in [2.24, 2.45) is 0 Å². The first-order valence-corrected chi connectivity index (χ1v) is 10.8. The minimum absolute atomic E-state index is 0.0975. The molecule has 0 aromatic heterocycles. The number of nitrogens with one attached hydrogen (secondary N) is 1. The lowest BCUT2D eigenvalue weighted by Gasteiger charge is -2.14. The number of aliphatic hydroxyl groups is 1. The van der Waals surface area contributed by atoms with Crippen molar-refractivity contribution in [1.29, 1.82) is 0 Å². The number of amides is 1. The summed E-state index contributed by atoms with van der Waals surface area (Å²) in [5, 5.41) is 12.1. The summed E-state index contributed by atoms with van der Waals surface area (Å²) in [7, 11) is 0. The van der Waals surface area contributed by atoms with E-state index in [9.17, 15) is 4.79 Å². The lowest BCUT2D eigenvalue weighted by Crippen LogP contribution is -2.22. The number of aliphatic hydroxyl groups excluding tert-OH is 1. The highest BCUT2D eigenvalue weighted by Gasteiger charge is 2.17. The van der Waals surface area contributed by atoms with Gasteiger partial charge in [-0.25, -0.2) is 0 Å². The third-order valence-corrected chi connectivity index (χ3v) is 5.33. The fraction of sp³-hybridized carbons (Fsp3) is 0.222. The van der Waals surface area contributed by atoms with Crippen LogP contribution >= 0.6 is 0 Å². The van der Waals surface area contributed by atoms with Crippen molar-refractivity contribution >= 4 is 12.0 Å². The highest BCUT2D eigenvalue weighted by Crippen LogP contribution is 2.29. The molecule has 0 bridgehead atoms. The molecule has 1 aliphatic carbocycles. The van der Waals surface area contributed by atoms with Gasteiger partial charge in [0.05, 0.1) is 13.2 Å². The van der Waals surface area contributed by atoms with Crippen molar-refractivity contribution in [1.82, 2.24) is 5.32 Å². The first-order valence-electron chi connectivity index (χ1n) is 10.8. The molecule has 3 aromatic carbocycles. The summed E-state index contributed by atoms with van der Waals surface area (Å²) in [5.74, 6) is 0.802. The van der Waals surface area contributed by atoms with E-state index in [4.69, 9.17) is 14.6 Å². The van der Waals surface area contributed by atoms with Crippen molar-refractivity contribution in [3.8, 4) is 11.5 Å². The van der Waals surface area contributed by atoms with Gasteiger partial charge in [0.2, 0.25) is 0 Å². The third-order valence-electron chi connectivity index (χ3n) is 5.33. The van der Waals surface area contributed by atoms with E-state index in [0.717, 1.165) is 17.7 Å². The lowest BCUT2D eigenvalue weighted by molar-refractivity contribution is 0.0965. The van der Waals surface area contributed by atoms with Crippen molar-refractivity contribution < 1.29 is 19.4 Å². The van der Waals surface area contributed by atoms with E-state index in [1.165, 1.54) is 16.7 Å². The van der Waals surface area contributed by atoms with Gasteiger partial charge in [0.1, 0.15) is 6.61 Å². The van der Waals surface area contributed by atoms with Crippen LogP contribution in [0.2, 0.25) is 0 Å². The number of rotatable bonds is 9. The number of benzene rings is 3. The van der Waals surface area contributed by atoms with Gasteiger partial charge in [-0.2, -0.15) is 0 Å². The van der Waals surface area contributed by atoms with Crippen molar-refractivity contribution in [2.75, 3.05) is 19.8 Å². The van der Waals surface area contributed by atoms with Crippen LogP contribution in [-0.4, -0.2) is 30.8 Å². The fourth-order valence-corrected chi connectivity index (χ4v) is 3.76. The zero-order chi connectivity index (χ0) is 22.3. The monoisotopic (exact) mass is 429 g/mol. The van der Waals surface area contributed by atoms with Crippen molar-refractivity contribution in [2.45, 2.75) is 19.8 Å². The number of hydrogen-bond acceptors (Lipinski definition) is 4. The summed E-state index contributed by atoms with van der Waals surface area (Å²) in [6.45, 7) is 2.57. The summed E-state index contributed by atoms with van der Waals surface area (Å²) < 4.78 is 11.6. The number of fused-ring (bicyclic) bond motifs is 1. The van der Waals surface area contributed by atoms with E-state index in [2.05, 4.69) is 36.5 Å². The van der Waals surface area contributed by atoms with Gasteiger partial charge >= 0.3 is 0 Å². The molecule has 1 aliphatic rings. The quantitative estimate of drug-likeness (QED) is 0.532. The average Bonchev–Trinajstić information content (AvgIpc) is 3.20. The molecule has 5 heteroatoms. The Balaban J connectivity index is 1.45. The molecule has 32 heavy (non-hydrogen) atoms. The Bertz CT molecular complexity index is 1140. The Labute approximate surface area is 188 Å². The van der Waals surface area contributed by atoms with Gasteiger partial charge in [0.15, 0.2) is 11.5 Å². The van der Waals surface area contributed by atoms with E-state index in [-0.39, 0.29) is 19.1 Å². The molecule has 2 N–H and O–H groups in total. The Kier molecular flexibility index (Phi) is 6.87. The third kappa shape index (κ3) is 5.37. The minimum atomic E-state index is -0.193. The Morgan fingerprint density at radius 1 is 0.969 bits per heavy atom. The molecule has 0 spiro atoms. The second-order valence-electron chi connectivity index (χ2n) is 7.82. The van der Waals surface area contributed by atoms with Gasteiger partial charge < -0.3 is 19.9 Å². The van der Waals surface area contributed by atoms with E-state index < -0.39 is 0 Å². The average molecular weight is 430 g/mol. The summed E-state index contributed by atoms with van der Waals surface area (Å²) in [6.07, 6.45) is 3.45. The smallest absolute Gasteiger partial charge is 0.255 e. The topological polar surface area (TPSA) is 67.8 Å². The van der Waals surface area contributed by atoms with E-state index >= 15 is 0 Å². The van der Waals surface area contributed by atoms with Gasteiger partial charge in [0.25, 0.3) is 5.91 Å². The maximum atomic E-state index is 12.9. The maximum absolute atomic E-state index is 12.9. The van der Waals surface area contributed by atoms with Crippen molar-refractivity contribution in [3.63, 3.8) is 0 Å². The molecule has 1 amide bonds. The molecule has 0 heterocycles. The van der Waals surface area contributed by atoms with Crippen LogP contribution in [0.5, 0.6) is 11.5 Å². The number of carbonyl (C=O) groups is 1. The first-order chi connectivity index (χ1) is 15.6. The normalized spacial score (nSPS) is 12.1. The first kappa shape index (κ1) is 21.7. The molecule has 0 fully saturated rings. The molecule has 0 radical (unpaired) electrons. The van der Waals surface area contributed by atoms with Crippen LogP contribution in [-0.2, 0) is 12.8 Å². The number of aryl methyl sites for hydroxylation is 1. The highest BCUT2D eigenvalue weighted by atomic mass is 16.5. The molecule has 164 valence electrons. The van der Waals surface area contributed by atoms with Crippen LogP contribution in [0, 0.1) is 6.92 Å². The molecule has 0 aliphatic heterocycles. The molecular weight excluding hydrogens is 402 g/mol. The molecule has 0 unspecified atom stereocenters. The number of carbonyl (C=O) groups excluding carboxylic acids is 1. The highest BCUT2D eigenvalue weighted by molar-refractivity contribution is 5.96. The van der Waals surface area contributed by atoms with E-state index in [1.54, 1.807) is 18.2 Å². The van der Waals surface area contributed by atoms with Crippen LogP contribution in [0.3, 0.4) is 0 Å². The zero-order valence-corrected chi connectivity index (χ0v) is 18.1. The van der Waals surface area contributed by atoms with Gasteiger partial charge in [-0.15, -0.1) is 0 Å². The summed E-state index contributed by atoms with van der Waals surface area (Å²) >= 11 is 0. The van der Waals surface area contributed by atoms with E-state index in [0.29, 0.717) is 30.1 Å². The summed E-state index contributed by atoms with van der Waals surface area (Å²) in [6, 6.07) is 21.5. The standard InChI is InChI=1S/C27H27NO4/c1-19-5-4-6-20(15-19)11-13-31-26-18-23(9-10-25(26)32-14-12-29)27(30)28-24-16-21-7-2-3-8-22(21)17-24/h2-10,15-16,18,29H,11-14,17H2,1H3,(H,28,30). The molecule has 0 atom stereocenters. The largest absolute Gasteiger partial charge is 0.489 e. The molecule has 0 saturated carbocycles. The van der Waals surface area contributed by atoms with Gasteiger partial charge in [-0.05, 0) is 47.9 Å². The molecule has 3 aromatic rings. The van der Waals surface area contributed by atoms with Crippen LogP contribution < -0.4 is 14.8 Å². The number of ether oxygens (including phenoxy) is 2. The van der Waals surface area contributed by atoms with Gasteiger partial charge in [0, 0.05) is 24.1 Å². The van der Waals surface area contributed by atoms with Gasteiger partial charge in [-0.3, -0.25) is 4.79 Å². The summed E-state index contributed by atoms with van der Waals surface area (Å²) in [4.78, 5) is 12.9. The fourth-order valence-electron chi connectivity index (χ4n) is 3.76. The van der Waals surface area contributed by atoms with Crippen LogP contribution in [0.15, 0.2) is 72.4 Å². The SMILES string of the molecule is Cc1cccc(CCOc2cc(C(=O)NC3=Cc4ccccc4C3)ccc2OCCO)c1. The summed E-state index contributed by atoms with van der Waals surface area (Å²) in [5.41, 5.74) is 6.09. The Hall–Kier alpha value is -3.57. The van der Waals surface area contributed by atoms with Crippen LogP contribution in [0.4, 0.5) is 0 Å². The maximum Gasteiger partial charge on any atom is 0.255 e. The molecule has 0 saturated heterocycles. The van der Waals surface area contributed by atoms with Crippen LogP contribution in [0.1, 0.15) is 32.6 Å².